The molecule has 136 valence electrons. The Hall–Kier alpha value is -2.97. The third kappa shape index (κ3) is 2.90. The van der Waals surface area contributed by atoms with E-state index in [-0.39, 0.29) is 0 Å². The first-order valence-corrected chi connectivity index (χ1v) is 10.3. The van der Waals surface area contributed by atoms with E-state index in [1.54, 1.807) is 0 Å². The summed E-state index contributed by atoms with van der Waals surface area (Å²) in [4.78, 5) is 4.57. The Kier molecular flexibility index (Phi) is 3.94. The summed E-state index contributed by atoms with van der Waals surface area (Å²) in [5.41, 5.74) is 5.51. The molecule has 5 rings (SSSR count). The highest BCUT2D eigenvalue weighted by molar-refractivity contribution is 7.26. The number of thiophene rings is 1. The van der Waals surface area contributed by atoms with E-state index in [0.29, 0.717) is 0 Å². The van der Waals surface area contributed by atoms with Crippen molar-refractivity contribution in [3.8, 4) is 22.4 Å². The van der Waals surface area contributed by atoms with E-state index in [2.05, 4.69) is 71.7 Å². The second-order valence-corrected chi connectivity index (χ2v) is 8.37. The molecule has 0 spiro atoms. The molecule has 2 heterocycles. The summed E-state index contributed by atoms with van der Waals surface area (Å²) < 4.78 is 10.9. The molecule has 0 saturated carbocycles. The first-order valence-electron chi connectivity index (χ1n) is 9.98. The molecule has 0 N–H and O–H groups in total. The minimum Gasteiger partial charge on any atom is -0.256 e. The summed E-state index contributed by atoms with van der Waals surface area (Å²) in [5.74, 6) is -0.635. The molecule has 0 amide bonds. The van der Waals surface area contributed by atoms with Gasteiger partial charge in [-0.2, -0.15) is 0 Å². The summed E-state index contributed by atoms with van der Waals surface area (Å²) in [6, 6.07) is 27.7. The number of nitrogens with zero attached hydrogens (tertiary/aromatic N) is 1. The van der Waals surface area contributed by atoms with Crippen molar-refractivity contribution >= 4 is 31.5 Å². The Morgan fingerprint density at radius 1 is 0.821 bits per heavy atom. The van der Waals surface area contributed by atoms with Gasteiger partial charge in [-0.15, -0.1) is 11.3 Å². The summed E-state index contributed by atoms with van der Waals surface area (Å²) in [5, 5.41) is 2.60. The second-order valence-electron chi connectivity index (χ2n) is 7.29. The van der Waals surface area contributed by atoms with Gasteiger partial charge in [0, 0.05) is 33.3 Å². The van der Waals surface area contributed by atoms with Gasteiger partial charge in [0.2, 0.25) is 0 Å². The fraction of sp³-hybridized carbons (Fsp3) is 0.115. The van der Waals surface area contributed by atoms with Crippen molar-refractivity contribution in [3.63, 3.8) is 0 Å². The predicted octanol–water partition coefficient (Wildman–Crippen LogP) is 7.91. The van der Waals surface area contributed by atoms with Gasteiger partial charge in [0.05, 0.1) is 5.69 Å². The Balaban J connectivity index is 1.69. The van der Waals surface area contributed by atoms with Crippen LogP contribution >= 0.6 is 11.3 Å². The van der Waals surface area contributed by atoms with E-state index in [1.165, 1.54) is 31.3 Å². The van der Waals surface area contributed by atoms with E-state index in [9.17, 15) is 0 Å². The lowest BCUT2D eigenvalue weighted by Crippen LogP contribution is -1.90. The largest absolute Gasteiger partial charge is 0.256 e. The molecule has 3 aromatic carbocycles. The van der Waals surface area contributed by atoms with Crippen LogP contribution in [0.3, 0.4) is 0 Å². The van der Waals surface area contributed by atoms with Crippen LogP contribution in [0.15, 0.2) is 85.1 Å². The van der Waals surface area contributed by atoms with Crippen molar-refractivity contribution < 1.29 is 1.37 Å². The number of fused-ring (bicyclic) bond motifs is 3. The van der Waals surface area contributed by atoms with E-state index in [0.717, 1.165) is 16.8 Å². The molecule has 0 bridgehead atoms. The van der Waals surface area contributed by atoms with Gasteiger partial charge in [-0.25, -0.2) is 0 Å². The van der Waals surface area contributed by atoms with Gasteiger partial charge in [-0.3, -0.25) is 4.98 Å². The van der Waals surface area contributed by atoms with E-state index in [1.807, 2.05) is 43.5 Å². The molecule has 0 unspecified atom stereocenters. The van der Waals surface area contributed by atoms with E-state index in [4.69, 9.17) is 1.37 Å². The van der Waals surface area contributed by atoms with Gasteiger partial charge in [0.15, 0.2) is 0 Å². The summed E-state index contributed by atoms with van der Waals surface area (Å²) in [6.45, 7) is 3.82. The van der Waals surface area contributed by atoms with Crippen LogP contribution < -0.4 is 0 Å². The Bertz CT molecular complexity index is 1330. The third-order valence-electron chi connectivity index (χ3n) is 5.21. The van der Waals surface area contributed by atoms with Crippen molar-refractivity contribution in [1.82, 2.24) is 4.98 Å². The van der Waals surface area contributed by atoms with Gasteiger partial charge < -0.3 is 0 Å². The summed E-state index contributed by atoms with van der Waals surface area (Å²) >= 11 is 1.82. The van der Waals surface area contributed by atoms with Crippen molar-refractivity contribution in [1.29, 1.82) is 0 Å². The van der Waals surface area contributed by atoms with Gasteiger partial charge in [-0.1, -0.05) is 68.4 Å². The van der Waals surface area contributed by atoms with Crippen LogP contribution in [0.1, 0.15) is 26.7 Å². The molecule has 0 aliphatic rings. The normalized spacial score (nSPS) is 12.4. The quantitative estimate of drug-likeness (QED) is 0.310. The Morgan fingerprint density at radius 3 is 2.50 bits per heavy atom. The minimum atomic E-state index is -0.635. The van der Waals surface area contributed by atoms with Gasteiger partial charge in [0.25, 0.3) is 0 Å². The number of hydrogen-bond donors (Lipinski definition) is 0. The average molecular weight is 381 g/mol. The van der Waals surface area contributed by atoms with Crippen LogP contribution in [0.2, 0.25) is 0 Å². The molecule has 2 aromatic heterocycles. The number of rotatable bonds is 3. The molecule has 0 aliphatic heterocycles. The van der Waals surface area contributed by atoms with Crippen LogP contribution in [0.5, 0.6) is 0 Å². The zero-order chi connectivity index (χ0) is 20.0. The lowest BCUT2D eigenvalue weighted by atomic mass is 9.98. The highest BCUT2D eigenvalue weighted by Gasteiger charge is 2.12. The number of hydrogen-bond acceptors (Lipinski definition) is 2. The predicted molar refractivity (Wildman–Crippen MR) is 122 cm³/mol. The van der Waals surface area contributed by atoms with E-state index < -0.39 is 5.89 Å². The molecule has 2 heteroatoms. The second kappa shape index (κ2) is 6.88. The van der Waals surface area contributed by atoms with Crippen LogP contribution in [0, 0.1) is 0 Å². The van der Waals surface area contributed by atoms with Crippen molar-refractivity contribution in [2.45, 2.75) is 19.7 Å². The van der Waals surface area contributed by atoms with Gasteiger partial charge in [-0.05, 0) is 46.8 Å². The van der Waals surface area contributed by atoms with Crippen LogP contribution in [0.4, 0.5) is 0 Å². The maximum Gasteiger partial charge on any atom is 0.0705 e. The van der Waals surface area contributed by atoms with Crippen molar-refractivity contribution in [2.75, 3.05) is 0 Å². The highest BCUT2D eigenvalue weighted by Crippen LogP contribution is 2.41. The van der Waals surface area contributed by atoms with Gasteiger partial charge in [0.1, 0.15) is 0 Å². The van der Waals surface area contributed by atoms with Crippen LogP contribution in [-0.2, 0) is 0 Å². The molecule has 1 nitrogen and oxygen atoms in total. The topological polar surface area (TPSA) is 12.9 Å². The zero-order valence-electron chi connectivity index (χ0n) is 16.9. The fourth-order valence-corrected chi connectivity index (χ4v) is 4.91. The third-order valence-corrected chi connectivity index (χ3v) is 6.33. The monoisotopic (exact) mass is 380 g/mol. The van der Waals surface area contributed by atoms with Crippen LogP contribution in [0.25, 0.3) is 42.6 Å². The lowest BCUT2D eigenvalue weighted by molar-refractivity contribution is 0.864. The SMILES string of the molecule is [2H]C(C)(C)c1ccnc(-c2ccc3c(c2)sc2cccc(-c4ccccc4)c23)c1. The average Bonchev–Trinajstić information content (AvgIpc) is 3.12. The van der Waals surface area contributed by atoms with E-state index >= 15 is 0 Å². The molecule has 5 aromatic rings. The smallest absolute Gasteiger partial charge is 0.0705 e. The maximum atomic E-state index is 8.32. The molecule has 0 atom stereocenters. The highest BCUT2D eigenvalue weighted by atomic mass is 32.1. The number of benzene rings is 3. The Morgan fingerprint density at radius 2 is 1.68 bits per heavy atom. The molecule has 0 fully saturated rings. The lowest BCUT2D eigenvalue weighted by Gasteiger charge is -2.08. The molecular formula is C26H21NS. The van der Waals surface area contributed by atoms with Crippen LogP contribution in [-0.4, -0.2) is 4.98 Å². The number of pyridine rings is 1. The first kappa shape index (κ1) is 16.0. The fourth-order valence-electron chi connectivity index (χ4n) is 3.74. The first-order chi connectivity index (χ1) is 14.0. The summed E-state index contributed by atoms with van der Waals surface area (Å²) in [7, 11) is 0. The molecule has 0 saturated heterocycles. The molecule has 28 heavy (non-hydrogen) atoms. The standard InChI is InChI=1S/C26H21NS/c1-17(2)19-13-14-27-23(15-19)20-11-12-22-25(16-20)28-24-10-6-9-21(26(22)24)18-7-4-3-5-8-18/h3-17H,1-2H3/i17D. The van der Waals surface area contributed by atoms with Gasteiger partial charge >= 0.3 is 0 Å². The molecule has 0 radical (unpaired) electrons. The van der Waals surface area contributed by atoms with Crippen molar-refractivity contribution in [2.24, 2.45) is 0 Å². The molecular weight excluding hydrogens is 358 g/mol. The van der Waals surface area contributed by atoms with Crippen molar-refractivity contribution in [3.05, 3.63) is 90.6 Å². The molecule has 0 aliphatic carbocycles. The Labute approximate surface area is 170 Å². The summed E-state index contributed by atoms with van der Waals surface area (Å²) in [6.07, 6.45) is 1.81. The zero-order valence-corrected chi connectivity index (χ0v) is 16.8. The maximum absolute atomic E-state index is 8.32. The minimum absolute atomic E-state index is 0.635. The number of aromatic nitrogens is 1.